The van der Waals surface area contributed by atoms with E-state index in [2.05, 4.69) is 231 Å². The Morgan fingerprint density at radius 2 is 0.500 bits per heavy atom. The molecule has 2 aliphatic rings. The van der Waals surface area contributed by atoms with Crippen LogP contribution in [0.2, 0.25) is 0 Å². The Labute approximate surface area is 372 Å². The predicted molar refractivity (Wildman–Crippen MR) is 273 cm³/mol. The number of hydrogen-bond donors (Lipinski definition) is 0. The second-order valence-electron chi connectivity index (χ2n) is 17.3. The Morgan fingerprint density at radius 1 is 0.141 bits per heavy atom. The predicted octanol–water partition coefficient (Wildman–Crippen LogP) is 17.9. The van der Waals surface area contributed by atoms with Crippen molar-refractivity contribution in [3.05, 3.63) is 231 Å². The summed E-state index contributed by atoms with van der Waals surface area (Å²) in [5, 5.41) is 10.3. The highest BCUT2D eigenvalue weighted by Gasteiger charge is 2.34. The molecule has 64 heavy (non-hydrogen) atoms. The molecule has 0 bridgehead atoms. The fourth-order valence-electron chi connectivity index (χ4n) is 11.7. The van der Waals surface area contributed by atoms with Crippen molar-refractivity contribution in [1.29, 1.82) is 0 Å². The van der Waals surface area contributed by atoms with Gasteiger partial charge in [0.05, 0.1) is 0 Å². The maximum absolute atomic E-state index is 2.44. The first kappa shape index (κ1) is 35.3. The fourth-order valence-corrected chi connectivity index (χ4v) is 11.7. The zero-order valence-electron chi connectivity index (χ0n) is 34.9. The van der Waals surface area contributed by atoms with Crippen LogP contribution in [0.3, 0.4) is 0 Å². The summed E-state index contributed by atoms with van der Waals surface area (Å²) in [4.78, 5) is 0. The Bertz CT molecular complexity index is 3810. The van der Waals surface area contributed by atoms with Gasteiger partial charge in [-0.15, -0.1) is 0 Å². The molecule has 0 heteroatoms. The molecule has 0 saturated carbocycles. The van der Waals surface area contributed by atoms with Crippen molar-refractivity contribution in [3.63, 3.8) is 0 Å². The average molecular weight is 807 g/mol. The summed E-state index contributed by atoms with van der Waals surface area (Å²) in [5.74, 6) is 0. The molecule has 0 aromatic heterocycles. The second kappa shape index (κ2) is 13.6. The van der Waals surface area contributed by atoms with Crippen LogP contribution in [0.5, 0.6) is 0 Å². The van der Waals surface area contributed by atoms with Gasteiger partial charge in [0.25, 0.3) is 0 Å². The van der Waals surface area contributed by atoms with Crippen LogP contribution in [0.25, 0.3) is 143 Å². The van der Waals surface area contributed by atoms with E-state index in [-0.39, 0.29) is 0 Å². The maximum Gasteiger partial charge on any atom is -0.000740 e. The first-order valence-electron chi connectivity index (χ1n) is 22.4. The number of benzene rings is 12. The van der Waals surface area contributed by atoms with E-state index in [0.717, 1.165) is 0 Å². The highest BCUT2D eigenvalue weighted by Crippen LogP contribution is 2.61. The first-order chi connectivity index (χ1) is 31.8. The molecule has 0 amide bonds. The minimum Gasteiger partial charge on any atom is -0.0622 e. The Morgan fingerprint density at radius 3 is 1.03 bits per heavy atom. The van der Waals surface area contributed by atoms with Gasteiger partial charge in [-0.05, 0) is 143 Å². The number of hydrogen-bond acceptors (Lipinski definition) is 0. The molecule has 0 atom stereocenters. The third kappa shape index (κ3) is 4.83. The molecule has 0 N–H and O–H groups in total. The first-order valence-corrected chi connectivity index (χ1v) is 22.4. The zero-order chi connectivity index (χ0) is 41.9. The van der Waals surface area contributed by atoms with Crippen molar-refractivity contribution in [2.24, 2.45) is 0 Å². The standard InChI is InChI=1S/C64H38/c1-5-19-39(20-6-1)43-35-36-44(40-21-7-2-8-22-40)61-59(43)53-34-18-32-51-57(47-29-15-16-30-49(47)62(61)60(51)53)50-37-38-54-58-48(50)31-17-33-52(58)63-55(41-23-9-3-10-24-41)45-27-13-14-28-46(45)56(64(54)63)42-25-11-4-12-26-42/h1-38H. The summed E-state index contributed by atoms with van der Waals surface area (Å²) in [7, 11) is 0. The average Bonchev–Trinajstić information content (AvgIpc) is 3.89. The van der Waals surface area contributed by atoms with Crippen molar-refractivity contribution >= 4 is 43.1 Å². The van der Waals surface area contributed by atoms with Gasteiger partial charge in [-0.1, -0.05) is 231 Å². The summed E-state index contributed by atoms with van der Waals surface area (Å²) < 4.78 is 0. The summed E-state index contributed by atoms with van der Waals surface area (Å²) in [5.41, 5.74) is 23.2. The smallest absolute Gasteiger partial charge is 0.000740 e. The second-order valence-corrected chi connectivity index (χ2v) is 17.3. The molecule has 0 unspecified atom stereocenters. The van der Waals surface area contributed by atoms with Gasteiger partial charge < -0.3 is 0 Å². The minimum atomic E-state index is 1.23. The van der Waals surface area contributed by atoms with Crippen molar-refractivity contribution in [2.45, 2.75) is 0 Å². The van der Waals surface area contributed by atoms with E-state index >= 15 is 0 Å². The van der Waals surface area contributed by atoms with Crippen LogP contribution in [0.15, 0.2) is 231 Å². The molecule has 0 radical (unpaired) electrons. The van der Waals surface area contributed by atoms with Crippen LogP contribution in [0, 0.1) is 0 Å². The summed E-state index contributed by atoms with van der Waals surface area (Å²) >= 11 is 0. The van der Waals surface area contributed by atoms with Crippen LogP contribution in [0.4, 0.5) is 0 Å². The van der Waals surface area contributed by atoms with Gasteiger partial charge >= 0.3 is 0 Å². The summed E-state index contributed by atoms with van der Waals surface area (Å²) in [6, 6.07) is 85.8. The Kier molecular flexibility index (Phi) is 7.49. The monoisotopic (exact) mass is 806 g/mol. The van der Waals surface area contributed by atoms with Crippen molar-refractivity contribution in [3.8, 4) is 100 Å². The number of rotatable bonds is 5. The SMILES string of the molecule is c1ccc(-c2ccc(-c3ccccc3)c3c2-c2cccc4c(-c5ccc6c7c(cccc57)-c5c-6c(-c6ccccc6)c6ccccc6c5-c5ccccc5)c5ccccc5c-3c24)cc1. The molecule has 294 valence electrons. The van der Waals surface area contributed by atoms with Crippen LogP contribution in [-0.4, -0.2) is 0 Å². The van der Waals surface area contributed by atoms with Gasteiger partial charge in [0.15, 0.2) is 0 Å². The van der Waals surface area contributed by atoms with E-state index in [4.69, 9.17) is 0 Å². The molecule has 0 spiro atoms. The molecule has 0 nitrogen and oxygen atoms in total. The maximum atomic E-state index is 2.44. The quantitative estimate of drug-likeness (QED) is 0.152. The topological polar surface area (TPSA) is 0 Å². The van der Waals surface area contributed by atoms with Crippen molar-refractivity contribution in [1.82, 2.24) is 0 Å². The van der Waals surface area contributed by atoms with E-state index in [9.17, 15) is 0 Å². The molecular formula is C64H38. The molecule has 12 aromatic carbocycles. The largest absolute Gasteiger partial charge is 0.0622 e. The van der Waals surface area contributed by atoms with E-state index in [1.54, 1.807) is 0 Å². The normalized spacial score (nSPS) is 12.1. The van der Waals surface area contributed by atoms with Gasteiger partial charge in [-0.25, -0.2) is 0 Å². The van der Waals surface area contributed by atoms with Crippen LogP contribution in [-0.2, 0) is 0 Å². The van der Waals surface area contributed by atoms with Crippen molar-refractivity contribution in [2.75, 3.05) is 0 Å². The van der Waals surface area contributed by atoms with Crippen LogP contribution >= 0.6 is 0 Å². The third-order valence-electron chi connectivity index (χ3n) is 14.1. The summed E-state index contributed by atoms with van der Waals surface area (Å²) in [6.07, 6.45) is 0. The van der Waals surface area contributed by atoms with Gasteiger partial charge in [0.2, 0.25) is 0 Å². The van der Waals surface area contributed by atoms with E-state index in [0.29, 0.717) is 0 Å². The number of fused-ring (bicyclic) bond motifs is 9. The van der Waals surface area contributed by atoms with Gasteiger partial charge in [0, 0.05) is 0 Å². The zero-order valence-corrected chi connectivity index (χ0v) is 34.9. The Hall–Kier alpha value is -8.32. The lowest BCUT2D eigenvalue weighted by molar-refractivity contribution is 1.59. The highest BCUT2D eigenvalue weighted by molar-refractivity contribution is 6.34. The molecule has 0 saturated heterocycles. The van der Waals surface area contributed by atoms with Crippen LogP contribution < -0.4 is 0 Å². The Balaban J connectivity index is 1.11. The minimum absolute atomic E-state index is 1.23. The van der Waals surface area contributed by atoms with Crippen molar-refractivity contribution < 1.29 is 0 Å². The molecule has 14 rings (SSSR count). The van der Waals surface area contributed by atoms with Gasteiger partial charge in [-0.2, -0.15) is 0 Å². The molecule has 2 aliphatic carbocycles. The molecule has 0 fully saturated rings. The lowest BCUT2D eigenvalue weighted by Gasteiger charge is -2.20. The lowest BCUT2D eigenvalue weighted by atomic mass is 9.82. The van der Waals surface area contributed by atoms with E-state index in [1.165, 1.54) is 143 Å². The third-order valence-corrected chi connectivity index (χ3v) is 14.1. The molecular weight excluding hydrogens is 769 g/mol. The molecule has 0 aliphatic heterocycles. The fraction of sp³-hybridized carbons (Fsp3) is 0. The van der Waals surface area contributed by atoms with E-state index < -0.39 is 0 Å². The van der Waals surface area contributed by atoms with Gasteiger partial charge in [-0.3, -0.25) is 0 Å². The molecule has 12 aromatic rings. The van der Waals surface area contributed by atoms with E-state index in [1.807, 2.05) is 0 Å². The highest BCUT2D eigenvalue weighted by atomic mass is 14.4. The lowest BCUT2D eigenvalue weighted by Crippen LogP contribution is -1.93. The molecule has 0 heterocycles. The summed E-state index contributed by atoms with van der Waals surface area (Å²) in [6.45, 7) is 0. The van der Waals surface area contributed by atoms with Crippen LogP contribution in [0.1, 0.15) is 0 Å². The van der Waals surface area contributed by atoms with Gasteiger partial charge in [0.1, 0.15) is 0 Å².